The summed E-state index contributed by atoms with van der Waals surface area (Å²) in [6.45, 7) is 4.30. The molecule has 0 amide bonds. The molecule has 1 heterocycles. The van der Waals surface area contributed by atoms with Crippen LogP contribution in [0, 0.1) is 12.8 Å². The van der Waals surface area contributed by atoms with Crippen LogP contribution in [0.5, 0.6) is 0 Å². The molecule has 2 saturated carbocycles. The molecule has 0 unspecified atom stereocenters. The minimum atomic E-state index is -0.495. The Balaban J connectivity index is 1.63. The van der Waals surface area contributed by atoms with Crippen molar-refractivity contribution in [1.29, 1.82) is 0 Å². The highest BCUT2D eigenvalue weighted by atomic mass is 32.2. The average Bonchev–Trinajstić information content (AvgIpc) is 3.15. The fraction of sp³-hybridized carbons (Fsp3) is 0.857. The molecular weight excluding hydrogens is 258 g/mol. The van der Waals surface area contributed by atoms with Gasteiger partial charge in [-0.05, 0) is 51.4 Å². The zero-order valence-corrected chi connectivity index (χ0v) is 12.6. The van der Waals surface area contributed by atoms with E-state index in [2.05, 4.69) is 21.7 Å². The van der Waals surface area contributed by atoms with Gasteiger partial charge in [-0.1, -0.05) is 18.7 Å². The molecule has 2 aliphatic rings. The van der Waals surface area contributed by atoms with E-state index in [4.69, 9.17) is 0 Å². The van der Waals surface area contributed by atoms with Crippen LogP contribution in [0.2, 0.25) is 0 Å². The summed E-state index contributed by atoms with van der Waals surface area (Å²) in [4.78, 5) is 0. The second-order valence-electron chi connectivity index (χ2n) is 6.33. The van der Waals surface area contributed by atoms with Crippen LogP contribution in [0.1, 0.15) is 57.3 Å². The van der Waals surface area contributed by atoms with E-state index in [-0.39, 0.29) is 0 Å². The maximum atomic E-state index is 10.6. The van der Waals surface area contributed by atoms with Gasteiger partial charge in [0, 0.05) is 11.8 Å². The van der Waals surface area contributed by atoms with Crippen molar-refractivity contribution < 1.29 is 5.11 Å². The minimum Gasteiger partial charge on any atom is -0.389 e. The molecule has 0 spiro atoms. The predicted molar refractivity (Wildman–Crippen MR) is 76.3 cm³/mol. The van der Waals surface area contributed by atoms with Gasteiger partial charge in [0.2, 0.25) is 0 Å². The lowest BCUT2D eigenvalue weighted by Crippen LogP contribution is -2.36. The summed E-state index contributed by atoms with van der Waals surface area (Å²) in [6.07, 6.45) is 6.63. The summed E-state index contributed by atoms with van der Waals surface area (Å²) in [5.41, 5.74) is -0.495. The molecule has 19 heavy (non-hydrogen) atoms. The molecule has 4 nitrogen and oxygen atoms in total. The van der Waals surface area contributed by atoms with Crippen molar-refractivity contribution in [1.82, 2.24) is 14.8 Å². The van der Waals surface area contributed by atoms with Crippen molar-refractivity contribution in [3.05, 3.63) is 5.82 Å². The monoisotopic (exact) mass is 281 g/mol. The van der Waals surface area contributed by atoms with Crippen molar-refractivity contribution in [3.8, 4) is 0 Å². The van der Waals surface area contributed by atoms with E-state index >= 15 is 0 Å². The maximum Gasteiger partial charge on any atom is 0.191 e. The summed E-state index contributed by atoms with van der Waals surface area (Å²) < 4.78 is 2.25. The highest BCUT2D eigenvalue weighted by molar-refractivity contribution is 7.99. The molecule has 1 aromatic rings. The van der Waals surface area contributed by atoms with Gasteiger partial charge >= 0.3 is 0 Å². The van der Waals surface area contributed by atoms with Gasteiger partial charge in [-0.15, -0.1) is 10.2 Å². The fourth-order valence-electron chi connectivity index (χ4n) is 2.84. The first-order valence-electron chi connectivity index (χ1n) is 7.34. The Hall–Kier alpha value is -0.550. The molecule has 0 saturated heterocycles. The van der Waals surface area contributed by atoms with Crippen LogP contribution in [0.15, 0.2) is 5.16 Å². The van der Waals surface area contributed by atoms with E-state index in [0.717, 1.165) is 48.3 Å². The molecule has 0 bridgehead atoms. The predicted octanol–water partition coefficient (Wildman–Crippen LogP) is 2.95. The van der Waals surface area contributed by atoms with Gasteiger partial charge in [0.1, 0.15) is 5.82 Å². The first kappa shape index (κ1) is 13.4. The first-order valence-corrected chi connectivity index (χ1v) is 8.33. The normalized spacial score (nSPS) is 31.6. The number of thioether (sulfide) groups is 1. The standard InChI is InChI=1S/C14H23N3OS/c1-10-5-7-14(18,8-6-10)9-19-13-16-15-11(2)17(13)12-3-4-12/h10,12,18H,3-9H2,1-2H3. The Morgan fingerprint density at radius 1 is 1.26 bits per heavy atom. The first-order chi connectivity index (χ1) is 9.07. The second kappa shape index (κ2) is 5.09. The molecule has 0 aliphatic heterocycles. The van der Waals surface area contributed by atoms with Crippen LogP contribution < -0.4 is 0 Å². The maximum absolute atomic E-state index is 10.6. The van der Waals surface area contributed by atoms with Gasteiger partial charge in [0.05, 0.1) is 5.60 Å². The van der Waals surface area contributed by atoms with Crippen LogP contribution in [0.25, 0.3) is 0 Å². The molecule has 0 aromatic carbocycles. The van der Waals surface area contributed by atoms with Gasteiger partial charge in [0.15, 0.2) is 5.16 Å². The SMILES string of the molecule is Cc1nnc(SCC2(O)CCC(C)CC2)n1C1CC1. The van der Waals surface area contributed by atoms with E-state index in [0.29, 0.717) is 6.04 Å². The smallest absolute Gasteiger partial charge is 0.191 e. The lowest BCUT2D eigenvalue weighted by molar-refractivity contribution is 0.0149. The Labute approximate surface area is 119 Å². The summed E-state index contributed by atoms with van der Waals surface area (Å²) in [7, 11) is 0. The average molecular weight is 281 g/mol. The lowest BCUT2D eigenvalue weighted by atomic mass is 9.81. The Kier molecular flexibility index (Phi) is 3.60. The molecule has 0 atom stereocenters. The molecule has 2 fully saturated rings. The number of hydrogen-bond donors (Lipinski definition) is 1. The van der Waals surface area contributed by atoms with Crippen LogP contribution in [0.4, 0.5) is 0 Å². The fourth-order valence-corrected chi connectivity index (χ4v) is 4.05. The Bertz CT molecular complexity index is 448. The van der Waals surface area contributed by atoms with Crippen molar-refractivity contribution in [2.24, 2.45) is 5.92 Å². The van der Waals surface area contributed by atoms with Crippen LogP contribution in [0.3, 0.4) is 0 Å². The number of aryl methyl sites for hydroxylation is 1. The van der Waals surface area contributed by atoms with E-state index < -0.39 is 5.60 Å². The molecule has 1 N–H and O–H groups in total. The van der Waals surface area contributed by atoms with Crippen molar-refractivity contribution >= 4 is 11.8 Å². The topological polar surface area (TPSA) is 50.9 Å². The largest absolute Gasteiger partial charge is 0.389 e. The van der Waals surface area contributed by atoms with Crippen LogP contribution in [-0.2, 0) is 0 Å². The minimum absolute atomic E-state index is 0.495. The molecular formula is C14H23N3OS. The number of aliphatic hydroxyl groups is 1. The third kappa shape index (κ3) is 2.97. The summed E-state index contributed by atoms with van der Waals surface area (Å²) in [6, 6.07) is 0.610. The summed E-state index contributed by atoms with van der Waals surface area (Å²) in [5.74, 6) is 2.53. The van der Waals surface area contributed by atoms with E-state index in [9.17, 15) is 5.11 Å². The number of rotatable bonds is 4. The van der Waals surface area contributed by atoms with Crippen LogP contribution in [-0.4, -0.2) is 31.2 Å². The third-order valence-corrected chi connectivity index (χ3v) is 5.64. The summed E-state index contributed by atoms with van der Waals surface area (Å²) in [5, 5.41) is 20.1. The van der Waals surface area contributed by atoms with E-state index in [1.807, 2.05) is 6.92 Å². The van der Waals surface area contributed by atoms with Gasteiger partial charge in [0.25, 0.3) is 0 Å². The second-order valence-corrected chi connectivity index (χ2v) is 7.27. The van der Waals surface area contributed by atoms with Gasteiger partial charge in [-0.25, -0.2) is 0 Å². The third-order valence-electron chi connectivity index (χ3n) is 4.42. The lowest BCUT2D eigenvalue weighted by Gasteiger charge is -2.34. The number of aromatic nitrogens is 3. The van der Waals surface area contributed by atoms with Crippen molar-refractivity contribution in [3.63, 3.8) is 0 Å². The van der Waals surface area contributed by atoms with Crippen LogP contribution >= 0.6 is 11.8 Å². The Morgan fingerprint density at radius 2 is 1.95 bits per heavy atom. The Morgan fingerprint density at radius 3 is 2.58 bits per heavy atom. The van der Waals surface area contributed by atoms with Gasteiger partial charge < -0.3 is 9.67 Å². The highest BCUT2D eigenvalue weighted by Crippen LogP contribution is 2.40. The van der Waals surface area contributed by atoms with E-state index in [1.165, 1.54) is 12.8 Å². The molecule has 2 aliphatic carbocycles. The molecule has 3 rings (SSSR count). The number of hydrogen-bond acceptors (Lipinski definition) is 4. The molecule has 5 heteroatoms. The zero-order chi connectivity index (χ0) is 13.5. The number of nitrogens with zero attached hydrogens (tertiary/aromatic N) is 3. The van der Waals surface area contributed by atoms with E-state index in [1.54, 1.807) is 11.8 Å². The molecule has 0 radical (unpaired) electrons. The molecule has 1 aromatic heterocycles. The van der Waals surface area contributed by atoms with Crippen molar-refractivity contribution in [2.75, 3.05) is 5.75 Å². The quantitative estimate of drug-likeness (QED) is 0.862. The highest BCUT2D eigenvalue weighted by Gasteiger charge is 2.34. The zero-order valence-electron chi connectivity index (χ0n) is 11.8. The summed E-state index contributed by atoms with van der Waals surface area (Å²) >= 11 is 1.68. The van der Waals surface area contributed by atoms with Crippen molar-refractivity contribution in [2.45, 2.75) is 69.2 Å². The van der Waals surface area contributed by atoms with Gasteiger partial charge in [-0.2, -0.15) is 0 Å². The van der Waals surface area contributed by atoms with Gasteiger partial charge in [-0.3, -0.25) is 0 Å². The molecule has 106 valence electrons.